The fourth-order valence-electron chi connectivity index (χ4n) is 1.72. The van der Waals surface area contributed by atoms with Gasteiger partial charge in [-0.25, -0.2) is 0 Å². The van der Waals surface area contributed by atoms with Gasteiger partial charge in [-0.15, -0.1) is 0 Å². The molecule has 1 aromatic carbocycles. The van der Waals surface area contributed by atoms with E-state index < -0.39 is 62.5 Å². The van der Waals surface area contributed by atoms with Crippen molar-refractivity contribution in [2.24, 2.45) is 0 Å². The Bertz CT molecular complexity index is 966. The summed E-state index contributed by atoms with van der Waals surface area (Å²) in [6.45, 7) is 0. The molecule has 0 aliphatic carbocycles. The first-order valence-electron chi connectivity index (χ1n) is 6.91. The fourth-order valence-corrected chi connectivity index (χ4v) is 2.34. The van der Waals surface area contributed by atoms with Gasteiger partial charge in [0.15, 0.2) is 5.75 Å². The molecule has 0 heterocycles. The average molecular weight is 504 g/mol. The van der Waals surface area contributed by atoms with E-state index in [4.69, 9.17) is 4.55 Å². The summed E-state index contributed by atoms with van der Waals surface area (Å²) in [7, 11) is -5.34. The van der Waals surface area contributed by atoms with Gasteiger partial charge in [-0.05, 0) is 12.1 Å². The number of rotatable bonds is 7. The molecule has 0 unspecified atom stereocenters. The summed E-state index contributed by atoms with van der Waals surface area (Å²) in [5.74, 6) is -37.1. The number of para-hydroxylation sites is 1. The Labute approximate surface area is 162 Å². The van der Waals surface area contributed by atoms with Crippen molar-refractivity contribution in [3.8, 4) is 5.75 Å². The minimum Gasteiger partial charge on any atom is -0.428 e. The summed E-state index contributed by atoms with van der Waals surface area (Å²) in [6.07, 6.45) is -7.51. The first-order chi connectivity index (χ1) is 13.5. The molecule has 0 saturated heterocycles. The van der Waals surface area contributed by atoms with Gasteiger partial charge in [-0.2, -0.15) is 65.5 Å². The zero-order chi connectivity index (χ0) is 24.8. The molecule has 0 aromatic heterocycles. The van der Waals surface area contributed by atoms with E-state index in [1.54, 1.807) is 0 Å². The lowest BCUT2D eigenvalue weighted by Gasteiger charge is -2.36. The van der Waals surface area contributed by atoms with Crippen molar-refractivity contribution in [2.45, 2.75) is 34.8 Å². The summed E-state index contributed by atoms with van der Waals surface area (Å²) in [6, 6.07) is -1.43. The Morgan fingerprint density at radius 2 is 1.23 bits per heavy atom. The number of allylic oxidation sites excluding steroid dienone is 1. The van der Waals surface area contributed by atoms with Crippen LogP contribution in [0.15, 0.2) is 41.0 Å². The van der Waals surface area contributed by atoms with E-state index in [2.05, 4.69) is 4.74 Å². The molecule has 0 radical (unpaired) electrons. The lowest BCUT2D eigenvalue weighted by atomic mass is 9.97. The van der Waals surface area contributed by atoms with Crippen LogP contribution >= 0.6 is 0 Å². The molecule has 31 heavy (non-hydrogen) atoms. The minimum atomic E-state index is -8.01. The van der Waals surface area contributed by atoms with E-state index in [-0.39, 0.29) is 0 Å². The summed E-state index contributed by atoms with van der Waals surface area (Å²) in [4.78, 5) is -1.48. The number of alkyl halides is 11. The highest BCUT2D eigenvalue weighted by atomic mass is 32.2. The standard InChI is InChI=1S/C13H5F13O4S/c14-7(8(15)30-5-3-1-2-4-6(5)31(27,28)29)9(16,17)10(18,19)11(20,21)12(22,23)13(24,25)26/h1-4H,(H,27,28,29). The van der Waals surface area contributed by atoms with Crippen LogP contribution in [0.4, 0.5) is 57.1 Å². The van der Waals surface area contributed by atoms with E-state index in [0.29, 0.717) is 12.1 Å². The second kappa shape index (κ2) is 7.72. The minimum absolute atomic E-state index is 0.304. The van der Waals surface area contributed by atoms with Crippen LogP contribution in [0.5, 0.6) is 5.75 Å². The van der Waals surface area contributed by atoms with Crippen LogP contribution in [0.1, 0.15) is 0 Å². The fraction of sp³-hybridized carbons (Fsp3) is 0.385. The third-order valence-electron chi connectivity index (χ3n) is 3.31. The quantitative estimate of drug-likeness (QED) is 0.302. The van der Waals surface area contributed by atoms with Crippen molar-refractivity contribution in [2.75, 3.05) is 0 Å². The molecule has 0 atom stereocenters. The third-order valence-corrected chi connectivity index (χ3v) is 4.21. The van der Waals surface area contributed by atoms with E-state index in [1.807, 2.05) is 0 Å². The van der Waals surface area contributed by atoms with E-state index in [1.165, 1.54) is 0 Å². The van der Waals surface area contributed by atoms with Gasteiger partial charge in [-0.3, -0.25) is 4.55 Å². The van der Waals surface area contributed by atoms with Crippen LogP contribution in [0.2, 0.25) is 0 Å². The van der Waals surface area contributed by atoms with E-state index in [0.717, 1.165) is 12.1 Å². The van der Waals surface area contributed by atoms with Crippen molar-refractivity contribution in [3.63, 3.8) is 0 Å². The summed E-state index contributed by atoms with van der Waals surface area (Å²) >= 11 is 0. The molecule has 0 aliphatic heterocycles. The summed E-state index contributed by atoms with van der Waals surface area (Å²) in [5.41, 5.74) is 0. The molecule has 0 spiro atoms. The van der Waals surface area contributed by atoms with E-state index >= 15 is 0 Å². The predicted octanol–water partition coefficient (Wildman–Crippen LogP) is 5.52. The second-order valence-electron chi connectivity index (χ2n) is 5.41. The largest absolute Gasteiger partial charge is 0.460 e. The molecule has 4 nitrogen and oxygen atoms in total. The van der Waals surface area contributed by atoms with Crippen LogP contribution in [0, 0.1) is 0 Å². The van der Waals surface area contributed by atoms with Crippen molar-refractivity contribution < 1.29 is 74.8 Å². The van der Waals surface area contributed by atoms with Gasteiger partial charge >= 0.3 is 35.9 Å². The van der Waals surface area contributed by atoms with Crippen LogP contribution < -0.4 is 4.74 Å². The molecule has 1 aromatic rings. The lowest BCUT2D eigenvalue weighted by molar-refractivity contribution is -0.419. The molecule has 18 heteroatoms. The van der Waals surface area contributed by atoms with Crippen molar-refractivity contribution in [3.05, 3.63) is 36.1 Å². The van der Waals surface area contributed by atoms with Crippen LogP contribution in [-0.4, -0.2) is 42.8 Å². The van der Waals surface area contributed by atoms with Crippen molar-refractivity contribution in [1.82, 2.24) is 0 Å². The van der Waals surface area contributed by atoms with Gasteiger partial charge in [0.2, 0.25) is 5.83 Å². The third kappa shape index (κ3) is 4.39. The number of ether oxygens (including phenoxy) is 1. The molecule has 0 saturated carbocycles. The normalized spacial score (nSPS) is 15.5. The van der Waals surface area contributed by atoms with Crippen LogP contribution in [-0.2, 0) is 10.1 Å². The van der Waals surface area contributed by atoms with Crippen LogP contribution in [0.3, 0.4) is 0 Å². The highest BCUT2D eigenvalue weighted by Gasteiger charge is 2.88. The van der Waals surface area contributed by atoms with Crippen LogP contribution in [0.25, 0.3) is 0 Å². The first-order valence-corrected chi connectivity index (χ1v) is 8.35. The molecule has 0 fully saturated rings. The Hall–Kier alpha value is -2.24. The highest BCUT2D eigenvalue weighted by Crippen LogP contribution is 2.59. The van der Waals surface area contributed by atoms with Gasteiger partial charge in [-0.1, -0.05) is 12.1 Å². The Balaban J connectivity index is 3.54. The molecule has 0 amide bonds. The van der Waals surface area contributed by atoms with E-state index in [9.17, 15) is 65.5 Å². The Morgan fingerprint density at radius 1 is 0.774 bits per heavy atom. The van der Waals surface area contributed by atoms with Crippen molar-refractivity contribution in [1.29, 1.82) is 0 Å². The number of hydrogen-bond acceptors (Lipinski definition) is 3. The maximum Gasteiger partial charge on any atom is 0.460 e. The summed E-state index contributed by atoms with van der Waals surface area (Å²) < 4.78 is 202. The topological polar surface area (TPSA) is 63.6 Å². The Morgan fingerprint density at radius 3 is 1.65 bits per heavy atom. The SMILES string of the molecule is O=S(=O)(O)c1ccccc1OC(F)=C(F)C(F)(F)C(F)(F)C(F)(F)C(F)(F)C(F)(F)F. The number of hydrogen-bond donors (Lipinski definition) is 1. The van der Waals surface area contributed by atoms with Gasteiger partial charge in [0, 0.05) is 0 Å². The second-order valence-corrected chi connectivity index (χ2v) is 6.80. The molecular weight excluding hydrogens is 499 g/mol. The Kier molecular flexibility index (Phi) is 6.67. The first kappa shape index (κ1) is 26.8. The summed E-state index contributed by atoms with van der Waals surface area (Å²) in [5, 5.41) is 0. The van der Waals surface area contributed by atoms with Gasteiger partial charge < -0.3 is 4.74 Å². The molecule has 0 aliphatic rings. The van der Waals surface area contributed by atoms with Gasteiger partial charge in [0.25, 0.3) is 10.1 Å². The number of halogens is 13. The van der Waals surface area contributed by atoms with Gasteiger partial charge in [0.05, 0.1) is 0 Å². The molecule has 1 N–H and O–H groups in total. The smallest absolute Gasteiger partial charge is 0.428 e. The zero-order valence-corrected chi connectivity index (χ0v) is 14.6. The molecular formula is C13H5F13O4S. The lowest BCUT2D eigenvalue weighted by Crippen LogP contribution is -2.66. The molecule has 0 bridgehead atoms. The monoisotopic (exact) mass is 504 g/mol. The highest BCUT2D eigenvalue weighted by molar-refractivity contribution is 7.86. The predicted molar refractivity (Wildman–Crippen MR) is 72.0 cm³/mol. The zero-order valence-electron chi connectivity index (χ0n) is 13.8. The van der Waals surface area contributed by atoms with Gasteiger partial charge in [0.1, 0.15) is 4.90 Å². The number of benzene rings is 1. The molecule has 178 valence electrons. The van der Waals surface area contributed by atoms with Crippen molar-refractivity contribution >= 4 is 10.1 Å². The maximum absolute atomic E-state index is 13.5. The molecule has 1 rings (SSSR count). The average Bonchev–Trinajstić information content (AvgIpc) is 2.58. The maximum atomic E-state index is 13.5.